The summed E-state index contributed by atoms with van der Waals surface area (Å²) in [6.45, 7) is 0. The van der Waals surface area contributed by atoms with E-state index >= 15 is 0 Å². The Labute approximate surface area is 162 Å². The zero-order valence-electron chi connectivity index (χ0n) is 15.0. The van der Waals surface area contributed by atoms with Gasteiger partial charge in [-0.25, -0.2) is 4.79 Å². The van der Waals surface area contributed by atoms with Gasteiger partial charge in [-0.05, 0) is 80.0 Å². The molecule has 1 aromatic rings. The zero-order valence-corrected chi connectivity index (χ0v) is 16.6. The topological polar surface area (TPSA) is 67.4 Å². The number of alkyl halides is 1. The number of methoxy groups -OCH3 is 1. The van der Waals surface area contributed by atoms with E-state index in [0.717, 1.165) is 23.9 Å². The van der Waals surface area contributed by atoms with Crippen LogP contribution >= 0.6 is 15.9 Å². The molecule has 26 heavy (non-hydrogen) atoms. The molecule has 2 unspecified atom stereocenters. The SMILES string of the molecule is COC(=O)Nc1ccc(NC(=O)CC23CC4CC(CC(Br)(C4)C2)C3)cc1. The van der Waals surface area contributed by atoms with Crippen molar-refractivity contribution in [1.82, 2.24) is 0 Å². The summed E-state index contributed by atoms with van der Waals surface area (Å²) >= 11 is 4.01. The fraction of sp³-hybridized carbons (Fsp3) is 0.600. The molecule has 5 rings (SSSR count). The summed E-state index contributed by atoms with van der Waals surface area (Å²) in [6.07, 6.45) is 7.54. The standard InChI is InChI=1S/C20H25BrN2O3/c1-26-18(25)23-16-4-2-15(3-5-16)22-17(24)11-19-7-13-6-14(8-19)10-20(21,9-13)12-19/h2-5,13-14H,6-12H2,1H3,(H,22,24)(H,23,25). The third-order valence-electron chi connectivity index (χ3n) is 6.25. The quantitative estimate of drug-likeness (QED) is 0.678. The minimum Gasteiger partial charge on any atom is -0.453 e. The van der Waals surface area contributed by atoms with Crippen LogP contribution in [0.4, 0.5) is 16.2 Å². The number of carbonyl (C=O) groups is 2. The molecular weight excluding hydrogens is 396 g/mol. The van der Waals surface area contributed by atoms with Crippen LogP contribution in [0.25, 0.3) is 0 Å². The van der Waals surface area contributed by atoms with Gasteiger partial charge in [0.05, 0.1) is 7.11 Å². The number of amides is 2. The number of ether oxygens (including phenoxy) is 1. The number of hydrogen-bond donors (Lipinski definition) is 2. The maximum atomic E-state index is 12.7. The van der Waals surface area contributed by atoms with E-state index < -0.39 is 6.09 Å². The van der Waals surface area contributed by atoms with Crippen molar-refractivity contribution in [2.45, 2.75) is 49.3 Å². The number of benzene rings is 1. The molecule has 2 amide bonds. The number of rotatable bonds is 4. The van der Waals surface area contributed by atoms with E-state index in [4.69, 9.17) is 0 Å². The Bertz CT molecular complexity index is 704. The van der Waals surface area contributed by atoms with Crippen LogP contribution in [0.5, 0.6) is 0 Å². The van der Waals surface area contributed by atoms with Crippen molar-refractivity contribution >= 4 is 39.3 Å². The van der Waals surface area contributed by atoms with Gasteiger partial charge in [0.15, 0.2) is 0 Å². The molecule has 0 spiro atoms. The van der Waals surface area contributed by atoms with Crippen molar-refractivity contribution in [2.75, 3.05) is 17.7 Å². The van der Waals surface area contributed by atoms with Crippen molar-refractivity contribution in [1.29, 1.82) is 0 Å². The number of halogens is 1. The highest BCUT2D eigenvalue weighted by atomic mass is 79.9. The molecule has 4 fully saturated rings. The summed E-state index contributed by atoms with van der Waals surface area (Å²) in [5, 5.41) is 5.63. The van der Waals surface area contributed by atoms with Crippen LogP contribution in [0.1, 0.15) is 44.9 Å². The van der Waals surface area contributed by atoms with Gasteiger partial charge in [0.1, 0.15) is 0 Å². The lowest BCUT2D eigenvalue weighted by molar-refractivity contribution is -0.123. The second-order valence-electron chi connectivity index (χ2n) is 8.53. The first-order valence-electron chi connectivity index (χ1n) is 9.31. The highest BCUT2D eigenvalue weighted by Gasteiger charge is 2.57. The summed E-state index contributed by atoms with van der Waals surface area (Å²) in [4.78, 5) is 23.9. The average molecular weight is 421 g/mol. The Morgan fingerprint density at radius 2 is 1.65 bits per heavy atom. The molecule has 0 heterocycles. The van der Waals surface area contributed by atoms with Gasteiger partial charge >= 0.3 is 6.09 Å². The van der Waals surface area contributed by atoms with Crippen LogP contribution in [0.15, 0.2) is 24.3 Å². The van der Waals surface area contributed by atoms with Crippen molar-refractivity contribution in [3.8, 4) is 0 Å². The lowest BCUT2D eigenvalue weighted by Gasteiger charge is -2.60. The fourth-order valence-electron chi connectivity index (χ4n) is 5.89. The maximum Gasteiger partial charge on any atom is 0.411 e. The third kappa shape index (κ3) is 3.61. The van der Waals surface area contributed by atoms with E-state index in [2.05, 4.69) is 31.3 Å². The summed E-state index contributed by atoms with van der Waals surface area (Å²) in [7, 11) is 1.32. The molecule has 0 aromatic heterocycles. The predicted molar refractivity (Wildman–Crippen MR) is 104 cm³/mol. The Balaban J connectivity index is 1.38. The van der Waals surface area contributed by atoms with Crippen LogP contribution in [0.2, 0.25) is 0 Å². The van der Waals surface area contributed by atoms with E-state index in [1.165, 1.54) is 39.2 Å². The Morgan fingerprint density at radius 3 is 2.19 bits per heavy atom. The smallest absolute Gasteiger partial charge is 0.411 e. The van der Waals surface area contributed by atoms with Crippen molar-refractivity contribution in [2.24, 2.45) is 17.3 Å². The number of anilines is 2. The van der Waals surface area contributed by atoms with E-state index in [9.17, 15) is 9.59 Å². The summed E-state index contributed by atoms with van der Waals surface area (Å²) < 4.78 is 4.84. The lowest BCUT2D eigenvalue weighted by atomic mass is 9.48. The van der Waals surface area contributed by atoms with Crippen LogP contribution in [0, 0.1) is 17.3 Å². The first-order valence-corrected chi connectivity index (χ1v) is 10.1. The third-order valence-corrected chi connectivity index (χ3v) is 7.17. The lowest BCUT2D eigenvalue weighted by Crippen LogP contribution is -2.53. The molecule has 0 aliphatic heterocycles. The first-order chi connectivity index (χ1) is 12.4. The van der Waals surface area contributed by atoms with Gasteiger partial charge in [0, 0.05) is 22.1 Å². The van der Waals surface area contributed by atoms with Crippen LogP contribution < -0.4 is 10.6 Å². The molecular formula is C20H25BrN2O3. The minimum atomic E-state index is -0.507. The monoisotopic (exact) mass is 420 g/mol. The maximum absolute atomic E-state index is 12.7. The molecule has 2 atom stereocenters. The van der Waals surface area contributed by atoms with Crippen LogP contribution in [0.3, 0.4) is 0 Å². The Morgan fingerprint density at radius 1 is 1.08 bits per heavy atom. The fourth-order valence-corrected chi connectivity index (χ4v) is 7.40. The van der Waals surface area contributed by atoms with Crippen LogP contribution in [-0.2, 0) is 9.53 Å². The van der Waals surface area contributed by atoms with Gasteiger partial charge in [0.2, 0.25) is 5.91 Å². The molecule has 6 heteroatoms. The molecule has 0 radical (unpaired) electrons. The van der Waals surface area contributed by atoms with Crippen molar-refractivity contribution in [3.05, 3.63) is 24.3 Å². The largest absolute Gasteiger partial charge is 0.453 e. The van der Waals surface area contributed by atoms with Crippen molar-refractivity contribution in [3.63, 3.8) is 0 Å². The molecule has 2 N–H and O–H groups in total. The van der Waals surface area contributed by atoms with Crippen LogP contribution in [-0.4, -0.2) is 23.4 Å². The minimum absolute atomic E-state index is 0.0942. The van der Waals surface area contributed by atoms with E-state index in [-0.39, 0.29) is 15.6 Å². The highest BCUT2D eigenvalue weighted by molar-refractivity contribution is 9.10. The van der Waals surface area contributed by atoms with E-state index in [0.29, 0.717) is 12.1 Å². The predicted octanol–water partition coefficient (Wildman–Crippen LogP) is 4.93. The van der Waals surface area contributed by atoms with Gasteiger partial charge in [-0.15, -0.1) is 0 Å². The number of nitrogens with one attached hydrogen (secondary N) is 2. The molecule has 140 valence electrons. The molecule has 4 aliphatic carbocycles. The summed E-state index contributed by atoms with van der Waals surface area (Å²) in [5.74, 6) is 1.66. The highest BCUT2D eigenvalue weighted by Crippen LogP contribution is 2.65. The Hall–Kier alpha value is -1.56. The van der Waals surface area contributed by atoms with Gasteiger partial charge < -0.3 is 10.1 Å². The van der Waals surface area contributed by atoms with E-state index in [1.807, 2.05) is 0 Å². The van der Waals surface area contributed by atoms with Gasteiger partial charge in [0.25, 0.3) is 0 Å². The molecule has 4 bridgehead atoms. The van der Waals surface area contributed by atoms with Gasteiger partial charge in [-0.3, -0.25) is 10.1 Å². The van der Waals surface area contributed by atoms with Gasteiger partial charge in [-0.1, -0.05) is 15.9 Å². The first kappa shape index (κ1) is 17.8. The average Bonchev–Trinajstić information content (AvgIpc) is 2.53. The zero-order chi connectivity index (χ0) is 18.4. The Kier molecular flexibility index (Phi) is 4.49. The second-order valence-corrected chi connectivity index (χ2v) is 10.2. The normalized spacial score (nSPS) is 34.4. The molecule has 0 saturated heterocycles. The summed E-state index contributed by atoms with van der Waals surface area (Å²) in [6, 6.07) is 7.11. The summed E-state index contributed by atoms with van der Waals surface area (Å²) in [5.41, 5.74) is 1.56. The molecule has 5 nitrogen and oxygen atoms in total. The molecule has 4 saturated carbocycles. The van der Waals surface area contributed by atoms with E-state index in [1.54, 1.807) is 24.3 Å². The second kappa shape index (κ2) is 6.55. The molecule has 1 aromatic carbocycles. The molecule has 4 aliphatic rings. The van der Waals surface area contributed by atoms with Gasteiger partial charge in [-0.2, -0.15) is 0 Å². The number of hydrogen-bond acceptors (Lipinski definition) is 3. The number of carbonyl (C=O) groups excluding carboxylic acids is 2. The van der Waals surface area contributed by atoms with Crippen molar-refractivity contribution < 1.29 is 14.3 Å².